The minimum atomic E-state index is -4.72. The van der Waals surface area contributed by atoms with Crippen molar-refractivity contribution in [3.8, 4) is 11.4 Å². The molecule has 0 radical (unpaired) electrons. The Kier molecular flexibility index (Phi) is 5.54. The Hall–Kier alpha value is -3.55. The fraction of sp³-hybridized carbons (Fsp3) is 0.217. The number of aromatic nitrogens is 2. The number of hydrogen-bond acceptors (Lipinski definition) is 4. The molecule has 4 aromatic rings. The summed E-state index contributed by atoms with van der Waals surface area (Å²) in [6.07, 6.45) is -2.17. The van der Waals surface area contributed by atoms with E-state index in [1.54, 1.807) is 30.0 Å². The zero-order valence-corrected chi connectivity index (χ0v) is 16.6. The molecule has 0 fully saturated rings. The second-order valence-electron chi connectivity index (χ2n) is 6.95. The molecule has 0 aliphatic rings. The molecule has 0 unspecified atom stereocenters. The van der Waals surface area contributed by atoms with E-state index in [1.807, 2.05) is 30.3 Å². The van der Waals surface area contributed by atoms with Gasteiger partial charge < -0.3 is 9.47 Å². The SMILES string of the molecule is CCOC(=O)CCc1ccc2c(ccc3c2ncn3-c2ccc(OC(F)(F)F)cc2)c1. The van der Waals surface area contributed by atoms with Crippen LogP contribution in [0, 0.1) is 0 Å². The highest BCUT2D eigenvalue weighted by Crippen LogP contribution is 2.29. The zero-order valence-electron chi connectivity index (χ0n) is 16.6. The zero-order chi connectivity index (χ0) is 22.0. The summed E-state index contributed by atoms with van der Waals surface area (Å²) in [6.45, 7) is 2.15. The van der Waals surface area contributed by atoms with Gasteiger partial charge in [-0.2, -0.15) is 0 Å². The van der Waals surface area contributed by atoms with Crippen molar-refractivity contribution >= 4 is 27.8 Å². The third-order valence-electron chi connectivity index (χ3n) is 4.87. The quantitative estimate of drug-likeness (QED) is 0.377. The van der Waals surface area contributed by atoms with Crippen LogP contribution in [0.25, 0.3) is 27.5 Å². The van der Waals surface area contributed by atoms with Gasteiger partial charge in [0.2, 0.25) is 0 Å². The predicted molar refractivity (Wildman–Crippen MR) is 110 cm³/mol. The third-order valence-corrected chi connectivity index (χ3v) is 4.87. The van der Waals surface area contributed by atoms with Crippen LogP contribution < -0.4 is 4.74 Å². The highest BCUT2D eigenvalue weighted by Gasteiger charge is 2.31. The van der Waals surface area contributed by atoms with Gasteiger partial charge in [-0.05, 0) is 54.6 Å². The summed E-state index contributed by atoms with van der Waals surface area (Å²) in [5.41, 5.74) is 3.31. The summed E-state index contributed by atoms with van der Waals surface area (Å²) < 4.78 is 47.8. The van der Waals surface area contributed by atoms with E-state index in [4.69, 9.17) is 4.74 Å². The number of hydrogen-bond donors (Lipinski definition) is 0. The Labute approximate surface area is 176 Å². The molecule has 0 saturated carbocycles. The number of halogens is 3. The van der Waals surface area contributed by atoms with E-state index in [-0.39, 0.29) is 11.7 Å². The van der Waals surface area contributed by atoms with E-state index < -0.39 is 6.36 Å². The number of fused-ring (bicyclic) bond motifs is 3. The number of ether oxygens (including phenoxy) is 2. The molecule has 4 rings (SSSR count). The van der Waals surface area contributed by atoms with Gasteiger partial charge in [-0.3, -0.25) is 9.36 Å². The van der Waals surface area contributed by atoms with E-state index in [2.05, 4.69) is 9.72 Å². The minimum Gasteiger partial charge on any atom is -0.466 e. The van der Waals surface area contributed by atoms with Gasteiger partial charge in [0.1, 0.15) is 12.1 Å². The van der Waals surface area contributed by atoms with Crippen molar-refractivity contribution in [1.82, 2.24) is 9.55 Å². The number of nitrogens with zero attached hydrogens (tertiary/aromatic N) is 2. The van der Waals surface area contributed by atoms with Gasteiger partial charge in [-0.25, -0.2) is 4.98 Å². The van der Waals surface area contributed by atoms with Crippen LogP contribution in [0.3, 0.4) is 0 Å². The van der Waals surface area contributed by atoms with E-state index in [9.17, 15) is 18.0 Å². The molecule has 31 heavy (non-hydrogen) atoms. The minimum absolute atomic E-state index is 0.219. The predicted octanol–water partition coefficient (Wildman–Crippen LogP) is 5.57. The second kappa shape index (κ2) is 8.29. The standard InChI is InChI=1S/C23H19F3N2O3/c1-2-30-21(29)12-4-15-3-10-19-16(13-15)5-11-20-22(19)27-14-28(20)17-6-8-18(9-7-17)31-23(24,25)26/h3,5-11,13-14H,2,4,12H2,1H3. The topological polar surface area (TPSA) is 53.3 Å². The van der Waals surface area contributed by atoms with Crippen molar-refractivity contribution in [3.63, 3.8) is 0 Å². The number of benzene rings is 3. The second-order valence-corrected chi connectivity index (χ2v) is 6.95. The smallest absolute Gasteiger partial charge is 0.466 e. The van der Waals surface area contributed by atoms with Gasteiger partial charge in [0.05, 0.1) is 17.6 Å². The maximum atomic E-state index is 12.4. The number of aryl methyl sites for hydroxylation is 1. The Bertz CT molecular complexity index is 1230. The lowest BCUT2D eigenvalue weighted by Crippen LogP contribution is -2.17. The van der Waals surface area contributed by atoms with Crippen molar-refractivity contribution in [2.24, 2.45) is 0 Å². The number of alkyl halides is 3. The molecule has 0 N–H and O–H groups in total. The van der Waals surface area contributed by atoms with Crippen molar-refractivity contribution in [2.75, 3.05) is 6.61 Å². The van der Waals surface area contributed by atoms with Gasteiger partial charge in [0.25, 0.3) is 0 Å². The number of rotatable bonds is 6. The third kappa shape index (κ3) is 4.63. The summed E-state index contributed by atoms with van der Waals surface area (Å²) in [4.78, 5) is 16.1. The molecular formula is C23H19F3N2O3. The molecule has 160 valence electrons. The van der Waals surface area contributed by atoms with Crippen molar-refractivity contribution in [2.45, 2.75) is 26.1 Å². The van der Waals surface area contributed by atoms with Crippen molar-refractivity contribution in [1.29, 1.82) is 0 Å². The molecule has 0 atom stereocenters. The van der Waals surface area contributed by atoms with E-state index in [1.165, 1.54) is 12.1 Å². The fourth-order valence-electron chi connectivity index (χ4n) is 3.51. The first-order chi connectivity index (χ1) is 14.8. The molecule has 0 amide bonds. The lowest BCUT2D eigenvalue weighted by Gasteiger charge is -2.10. The van der Waals surface area contributed by atoms with Crippen LogP contribution >= 0.6 is 0 Å². The normalized spacial score (nSPS) is 11.7. The maximum Gasteiger partial charge on any atom is 0.573 e. The number of carbonyl (C=O) groups excluding carboxylic acids is 1. The molecular weight excluding hydrogens is 409 g/mol. The van der Waals surface area contributed by atoms with Crippen molar-refractivity contribution < 1.29 is 27.4 Å². The lowest BCUT2D eigenvalue weighted by atomic mass is 10.0. The number of carbonyl (C=O) groups is 1. The molecule has 1 heterocycles. The molecule has 0 spiro atoms. The molecule has 5 nitrogen and oxygen atoms in total. The highest BCUT2D eigenvalue weighted by atomic mass is 19.4. The van der Waals surface area contributed by atoms with Crippen LogP contribution in [-0.4, -0.2) is 28.5 Å². The van der Waals surface area contributed by atoms with E-state index in [0.29, 0.717) is 25.1 Å². The lowest BCUT2D eigenvalue weighted by molar-refractivity contribution is -0.274. The molecule has 3 aromatic carbocycles. The summed E-state index contributed by atoms with van der Waals surface area (Å²) in [7, 11) is 0. The van der Waals surface area contributed by atoms with Gasteiger partial charge >= 0.3 is 12.3 Å². The summed E-state index contributed by atoms with van der Waals surface area (Å²) >= 11 is 0. The van der Waals surface area contributed by atoms with Gasteiger partial charge in [0, 0.05) is 17.5 Å². The van der Waals surface area contributed by atoms with Crippen molar-refractivity contribution in [3.05, 3.63) is 66.5 Å². The number of imidazole rings is 1. The summed E-state index contributed by atoms with van der Waals surface area (Å²) in [5, 5.41) is 1.95. The van der Waals surface area contributed by atoms with Gasteiger partial charge in [-0.15, -0.1) is 13.2 Å². The molecule has 0 saturated heterocycles. The van der Waals surface area contributed by atoms with Crippen LogP contribution in [0.4, 0.5) is 13.2 Å². The first-order valence-electron chi connectivity index (χ1n) is 9.74. The van der Waals surface area contributed by atoms with Crippen LogP contribution in [-0.2, 0) is 16.0 Å². The highest BCUT2D eigenvalue weighted by molar-refractivity contribution is 6.04. The number of esters is 1. The van der Waals surface area contributed by atoms with Crippen LogP contribution in [0.5, 0.6) is 5.75 Å². The Morgan fingerprint density at radius 1 is 1.06 bits per heavy atom. The van der Waals surface area contributed by atoms with Gasteiger partial charge in [-0.1, -0.05) is 24.3 Å². The average molecular weight is 428 g/mol. The van der Waals surface area contributed by atoms with Crippen LogP contribution in [0.2, 0.25) is 0 Å². The van der Waals surface area contributed by atoms with E-state index in [0.717, 1.165) is 27.4 Å². The first-order valence-corrected chi connectivity index (χ1v) is 9.74. The monoisotopic (exact) mass is 428 g/mol. The van der Waals surface area contributed by atoms with Gasteiger partial charge in [0.15, 0.2) is 0 Å². The van der Waals surface area contributed by atoms with Crippen LogP contribution in [0.1, 0.15) is 18.9 Å². The fourth-order valence-corrected chi connectivity index (χ4v) is 3.51. The summed E-state index contributed by atoms with van der Waals surface area (Å²) in [6, 6.07) is 15.5. The molecule has 0 aliphatic heterocycles. The Morgan fingerprint density at radius 2 is 1.84 bits per heavy atom. The molecule has 1 aromatic heterocycles. The molecule has 8 heteroatoms. The average Bonchev–Trinajstić information content (AvgIpc) is 3.16. The molecule has 0 bridgehead atoms. The van der Waals surface area contributed by atoms with E-state index >= 15 is 0 Å². The summed E-state index contributed by atoms with van der Waals surface area (Å²) in [5.74, 6) is -0.495. The molecule has 0 aliphatic carbocycles. The first kappa shape index (κ1) is 20.7. The van der Waals surface area contributed by atoms with Crippen LogP contribution in [0.15, 0.2) is 60.9 Å². The largest absolute Gasteiger partial charge is 0.573 e. The maximum absolute atomic E-state index is 12.4. The Morgan fingerprint density at radius 3 is 2.55 bits per heavy atom. The Balaban J connectivity index is 1.61.